The summed E-state index contributed by atoms with van der Waals surface area (Å²) in [5.74, 6) is -0.186. The Morgan fingerprint density at radius 3 is 2.44 bits per heavy atom. The van der Waals surface area contributed by atoms with Gasteiger partial charge in [0.25, 0.3) is 0 Å². The van der Waals surface area contributed by atoms with Crippen molar-refractivity contribution in [1.29, 1.82) is 0 Å². The Morgan fingerprint density at radius 2 is 1.81 bits per heavy atom. The lowest BCUT2D eigenvalue weighted by Gasteiger charge is -2.18. The molecule has 0 N–H and O–H groups in total. The summed E-state index contributed by atoms with van der Waals surface area (Å²) in [6.45, 7) is 8.17. The second-order valence-electron chi connectivity index (χ2n) is 5.29. The lowest BCUT2D eigenvalue weighted by molar-refractivity contribution is 0.587. The fourth-order valence-corrected chi connectivity index (χ4v) is 1.73. The molecular weight excluding hydrogens is 201 g/mol. The minimum Gasteiger partial charge on any atom is -0.256 e. The van der Waals surface area contributed by atoms with Crippen molar-refractivity contribution in [2.75, 3.05) is 0 Å². The van der Waals surface area contributed by atoms with E-state index in [0.717, 1.165) is 16.6 Å². The van der Waals surface area contributed by atoms with Crippen LogP contribution >= 0.6 is 0 Å². The summed E-state index contributed by atoms with van der Waals surface area (Å²) in [5.41, 5.74) is 2.69. The summed E-state index contributed by atoms with van der Waals surface area (Å²) < 4.78 is 13.8. The third-order valence-corrected chi connectivity index (χ3v) is 2.76. The maximum atomic E-state index is 13.8. The van der Waals surface area contributed by atoms with E-state index in [9.17, 15) is 4.39 Å². The van der Waals surface area contributed by atoms with Crippen molar-refractivity contribution in [1.82, 2.24) is 4.98 Å². The van der Waals surface area contributed by atoms with E-state index in [1.165, 1.54) is 0 Å². The van der Waals surface area contributed by atoms with E-state index in [1.54, 1.807) is 6.07 Å². The average molecular weight is 217 g/mol. The highest BCUT2D eigenvalue weighted by atomic mass is 19.1. The number of rotatable bonds is 0. The van der Waals surface area contributed by atoms with Crippen LogP contribution in [0, 0.1) is 12.7 Å². The van der Waals surface area contributed by atoms with Gasteiger partial charge in [0.2, 0.25) is 0 Å². The summed E-state index contributed by atoms with van der Waals surface area (Å²) in [6.07, 6.45) is 1.83. The molecule has 0 radical (unpaired) electrons. The zero-order valence-electron chi connectivity index (χ0n) is 10.1. The molecule has 0 saturated heterocycles. The molecule has 0 aliphatic carbocycles. The predicted octanol–water partition coefficient (Wildman–Crippen LogP) is 3.98. The van der Waals surface area contributed by atoms with E-state index in [4.69, 9.17) is 0 Å². The first-order valence-electron chi connectivity index (χ1n) is 5.44. The first-order valence-corrected chi connectivity index (χ1v) is 5.44. The molecule has 1 aromatic heterocycles. The summed E-state index contributed by atoms with van der Waals surface area (Å²) in [4.78, 5) is 4.33. The second kappa shape index (κ2) is 3.55. The molecule has 0 aliphatic heterocycles. The highest BCUT2D eigenvalue weighted by Crippen LogP contribution is 2.26. The van der Waals surface area contributed by atoms with E-state index in [2.05, 4.69) is 25.8 Å². The Kier molecular flexibility index (Phi) is 2.45. The largest absolute Gasteiger partial charge is 0.256 e. The summed E-state index contributed by atoms with van der Waals surface area (Å²) in [5, 5.41) is 0.609. The summed E-state index contributed by atoms with van der Waals surface area (Å²) in [6, 6.07) is 5.36. The van der Waals surface area contributed by atoms with Crippen LogP contribution in [-0.2, 0) is 5.41 Å². The molecule has 2 heteroatoms. The SMILES string of the molecule is Cc1cc(F)c2cc(C(C)(C)C)cnc2c1. The fourth-order valence-electron chi connectivity index (χ4n) is 1.73. The molecule has 84 valence electrons. The third kappa shape index (κ3) is 1.92. The minimum atomic E-state index is -0.186. The fraction of sp³-hybridized carbons (Fsp3) is 0.357. The predicted molar refractivity (Wildman–Crippen MR) is 65.1 cm³/mol. The molecule has 2 rings (SSSR count). The van der Waals surface area contributed by atoms with Crippen LogP contribution in [0.15, 0.2) is 24.4 Å². The van der Waals surface area contributed by atoms with Gasteiger partial charge in [0.05, 0.1) is 5.52 Å². The molecule has 16 heavy (non-hydrogen) atoms. The maximum Gasteiger partial charge on any atom is 0.132 e. The van der Waals surface area contributed by atoms with E-state index in [0.29, 0.717) is 5.39 Å². The second-order valence-corrected chi connectivity index (χ2v) is 5.29. The van der Waals surface area contributed by atoms with Crippen LogP contribution in [0.4, 0.5) is 4.39 Å². The smallest absolute Gasteiger partial charge is 0.132 e. The van der Waals surface area contributed by atoms with Crippen molar-refractivity contribution >= 4 is 10.9 Å². The molecule has 0 fully saturated rings. The van der Waals surface area contributed by atoms with Crippen LogP contribution in [0.5, 0.6) is 0 Å². The van der Waals surface area contributed by atoms with Crippen LogP contribution in [0.3, 0.4) is 0 Å². The molecule has 0 amide bonds. The molecular formula is C14H16FN. The first-order chi connectivity index (χ1) is 7.38. The lowest BCUT2D eigenvalue weighted by Crippen LogP contribution is -2.11. The Morgan fingerprint density at radius 1 is 1.12 bits per heavy atom. The normalized spacial score (nSPS) is 12.1. The van der Waals surface area contributed by atoms with Crippen LogP contribution in [0.1, 0.15) is 31.9 Å². The zero-order valence-corrected chi connectivity index (χ0v) is 10.1. The molecule has 0 unspecified atom stereocenters. The molecule has 0 aliphatic rings. The average Bonchev–Trinajstić information content (AvgIpc) is 2.15. The topological polar surface area (TPSA) is 12.9 Å². The van der Waals surface area contributed by atoms with Crippen molar-refractivity contribution < 1.29 is 4.39 Å². The molecule has 0 saturated carbocycles. The van der Waals surface area contributed by atoms with Crippen molar-refractivity contribution in [2.45, 2.75) is 33.1 Å². The number of hydrogen-bond acceptors (Lipinski definition) is 1. The van der Waals surface area contributed by atoms with Gasteiger partial charge in [-0.05, 0) is 41.7 Å². The van der Waals surface area contributed by atoms with Gasteiger partial charge in [0.15, 0.2) is 0 Å². The van der Waals surface area contributed by atoms with Gasteiger partial charge in [-0.2, -0.15) is 0 Å². The Labute approximate surface area is 95.3 Å². The summed E-state index contributed by atoms with van der Waals surface area (Å²) >= 11 is 0. The van der Waals surface area contributed by atoms with Crippen LogP contribution in [0.25, 0.3) is 10.9 Å². The first kappa shape index (κ1) is 11.1. The van der Waals surface area contributed by atoms with Crippen LogP contribution in [-0.4, -0.2) is 4.98 Å². The Balaban J connectivity index is 2.72. The van der Waals surface area contributed by atoms with Crippen molar-refractivity contribution in [3.8, 4) is 0 Å². The number of aryl methyl sites for hydroxylation is 1. The highest BCUT2D eigenvalue weighted by Gasteiger charge is 2.15. The number of fused-ring (bicyclic) bond motifs is 1. The highest BCUT2D eigenvalue weighted by molar-refractivity contribution is 5.80. The monoisotopic (exact) mass is 217 g/mol. The number of halogens is 1. The van der Waals surface area contributed by atoms with Gasteiger partial charge in [-0.1, -0.05) is 20.8 Å². The minimum absolute atomic E-state index is 0.00147. The van der Waals surface area contributed by atoms with Gasteiger partial charge >= 0.3 is 0 Å². The Bertz CT molecular complexity index is 538. The standard InChI is InChI=1S/C14H16FN/c1-9-5-12(15)11-7-10(14(2,3)4)8-16-13(11)6-9/h5-8H,1-4H3. The number of aromatic nitrogens is 1. The third-order valence-electron chi connectivity index (χ3n) is 2.76. The number of nitrogens with zero attached hydrogens (tertiary/aromatic N) is 1. The van der Waals surface area contributed by atoms with Crippen molar-refractivity contribution in [3.05, 3.63) is 41.3 Å². The van der Waals surface area contributed by atoms with Gasteiger partial charge in [-0.15, -0.1) is 0 Å². The van der Waals surface area contributed by atoms with Gasteiger partial charge in [0.1, 0.15) is 5.82 Å². The molecule has 1 nitrogen and oxygen atoms in total. The van der Waals surface area contributed by atoms with Crippen molar-refractivity contribution in [3.63, 3.8) is 0 Å². The van der Waals surface area contributed by atoms with E-state index >= 15 is 0 Å². The number of benzene rings is 1. The molecule has 0 spiro atoms. The lowest BCUT2D eigenvalue weighted by atomic mass is 9.87. The molecule has 0 bridgehead atoms. The van der Waals surface area contributed by atoms with Gasteiger partial charge in [0, 0.05) is 11.6 Å². The molecule has 0 atom stereocenters. The Hall–Kier alpha value is -1.44. The van der Waals surface area contributed by atoms with Gasteiger partial charge in [-0.25, -0.2) is 4.39 Å². The van der Waals surface area contributed by atoms with E-state index in [1.807, 2.05) is 25.3 Å². The van der Waals surface area contributed by atoms with E-state index < -0.39 is 0 Å². The van der Waals surface area contributed by atoms with Crippen LogP contribution in [0.2, 0.25) is 0 Å². The van der Waals surface area contributed by atoms with Gasteiger partial charge in [-0.3, -0.25) is 4.98 Å². The number of hydrogen-bond donors (Lipinski definition) is 0. The van der Waals surface area contributed by atoms with E-state index in [-0.39, 0.29) is 11.2 Å². The quantitative estimate of drug-likeness (QED) is 0.650. The van der Waals surface area contributed by atoms with Gasteiger partial charge < -0.3 is 0 Å². The summed E-state index contributed by atoms with van der Waals surface area (Å²) in [7, 11) is 0. The number of pyridine rings is 1. The zero-order chi connectivity index (χ0) is 11.9. The maximum absolute atomic E-state index is 13.8. The van der Waals surface area contributed by atoms with Crippen LogP contribution < -0.4 is 0 Å². The molecule has 2 aromatic rings. The van der Waals surface area contributed by atoms with Crippen molar-refractivity contribution in [2.24, 2.45) is 0 Å². The molecule has 1 heterocycles. The molecule has 1 aromatic carbocycles.